The van der Waals surface area contributed by atoms with Crippen LogP contribution < -0.4 is 5.32 Å². The van der Waals surface area contributed by atoms with Crippen LogP contribution in [0.5, 0.6) is 0 Å². The SMILES string of the molecule is N#CC(=Cc1ccccc1Cl)C(=O)NCc1ccccc1. The van der Waals surface area contributed by atoms with Gasteiger partial charge in [-0.1, -0.05) is 60.1 Å². The van der Waals surface area contributed by atoms with Gasteiger partial charge in [0.1, 0.15) is 11.6 Å². The van der Waals surface area contributed by atoms with E-state index in [2.05, 4.69) is 5.32 Å². The van der Waals surface area contributed by atoms with E-state index in [1.807, 2.05) is 36.4 Å². The minimum absolute atomic E-state index is 0.0269. The van der Waals surface area contributed by atoms with E-state index < -0.39 is 5.91 Å². The Kier molecular flexibility index (Phi) is 5.14. The summed E-state index contributed by atoms with van der Waals surface area (Å²) in [5.74, 6) is -0.415. The van der Waals surface area contributed by atoms with Gasteiger partial charge in [-0.2, -0.15) is 5.26 Å². The van der Waals surface area contributed by atoms with Crippen molar-refractivity contribution < 1.29 is 4.79 Å². The second kappa shape index (κ2) is 7.28. The summed E-state index contributed by atoms with van der Waals surface area (Å²) >= 11 is 6.02. The molecule has 21 heavy (non-hydrogen) atoms. The topological polar surface area (TPSA) is 52.9 Å². The number of hydrogen-bond acceptors (Lipinski definition) is 2. The van der Waals surface area contributed by atoms with E-state index >= 15 is 0 Å². The number of halogens is 1. The third-order valence-corrected chi connectivity index (χ3v) is 3.21. The van der Waals surface area contributed by atoms with Gasteiger partial charge in [-0.25, -0.2) is 0 Å². The Morgan fingerprint density at radius 1 is 1.14 bits per heavy atom. The van der Waals surface area contributed by atoms with Crippen LogP contribution >= 0.6 is 11.6 Å². The highest BCUT2D eigenvalue weighted by Gasteiger charge is 2.09. The molecule has 0 aromatic heterocycles. The maximum absolute atomic E-state index is 12.0. The van der Waals surface area contributed by atoms with Gasteiger partial charge in [-0.3, -0.25) is 4.79 Å². The molecule has 0 aliphatic heterocycles. The summed E-state index contributed by atoms with van der Waals surface area (Å²) in [7, 11) is 0. The molecule has 0 aliphatic rings. The van der Waals surface area contributed by atoms with Crippen molar-refractivity contribution in [2.45, 2.75) is 6.54 Å². The van der Waals surface area contributed by atoms with Crippen LogP contribution in [-0.2, 0) is 11.3 Å². The zero-order valence-electron chi connectivity index (χ0n) is 11.2. The van der Waals surface area contributed by atoms with Crippen molar-refractivity contribution in [2.75, 3.05) is 0 Å². The van der Waals surface area contributed by atoms with Crippen LogP contribution in [0.3, 0.4) is 0 Å². The van der Waals surface area contributed by atoms with E-state index in [0.29, 0.717) is 17.1 Å². The number of carbonyl (C=O) groups is 1. The van der Waals surface area contributed by atoms with Crippen molar-refractivity contribution in [2.24, 2.45) is 0 Å². The number of nitriles is 1. The highest BCUT2D eigenvalue weighted by Crippen LogP contribution is 2.18. The van der Waals surface area contributed by atoms with E-state index in [9.17, 15) is 4.79 Å². The zero-order valence-corrected chi connectivity index (χ0v) is 12.0. The van der Waals surface area contributed by atoms with Gasteiger partial charge in [-0.05, 0) is 23.3 Å². The molecule has 0 atom stereocenters. The minimum atomic E-state index is -0.415. The molecular weight excluding hydrogens is 284 g/mol. The van der Waals surface area contributed by atoms with Gasteiger partial charge in [0.15, 0.2) is 0 Å². The largest absolute Gasteiger partial charge is 0.347 e. The van der Waals surface area contributed by atoms with Gasteiger partial charge >= 0.3 is 0 Å². The molecule has 2 aromatic carbocycles. The monoisotopic (exact) mass is 296 g/mol. The van der Waals surface area contributed by atoms with Crippen LogP contribution in [0, 0.1) is 11.3 Å². The summed E-state index contributed by atoms with van der Waals surface area (Å²) in [6, 6.07) is 18.5. The van der Waals surface area contributed by atoms with E-state index in [4.69, 9.17) is 16.9 Å². The van der Waals surface area contributed by atoms with Crippen LogP contribution in [0.15, 0.2) is 60.2 Å². The molecule has 0 unspecified atom stereocenters. The van der Waals surface area contributed by atoms with E-state index in [1.165, 1.54) is 6.08 Å². The van der Waals surface area contributed by atoms with E-state index in [1.54, 1.807) is 24.3 Å². The molecule has 4 heteroatoms. The number of nitrogens with one attached hydrogen (secondary N) is 1. The predicted molar refractivity (Wildman–Crippen MR) is 83.3 cm³/mol. The summed E-state index contributed by atoms with van der Waals surface area (Å²) in [6.45, 7) is 0.376. The summed E-state index contributed by atoms with van der Waals surface area (Å²) in [5, 5.41) is 12.3. The number of carbonyl (C=O) groups excluding carboxylic acids is 1. The molecule has 2 rings (SSSR count). The lowest BCUT2D eigenvalue weighted by Crippen LogP contribution is -2.23. The molecule has 0 saturated heterocycles. The number of benzene rings is 2. The highest BCUT2D eigenvalue weighted by molar-refractivity contribution is 6.32. The van der Waals surface area contributed by atoms with Gasteiger partial charge in [-0.15, -0.1) is 0 Å². The Labute approximate surface area is 128 Å². The smallest absolute Gasteiger partial charge is 0.262 e. The van der Waals surface area contributed by atoms with Gasteiger partial charge in [0.05, 0.1) is 0 Å². The number of amides is 1. The maximum Gasteiger partial charge on any atom is 0.262 e. The molecule has 0 fully saturated rings. The van der Waals surface area contributed by atoms with Crippen LogP contribution in [0.4, 0.5) is 0 Å². The standard InChI is InChI=1S/C17H13ClN2O/c18-16-9-5-4-8-14(16)10-15(11-19)17(21)20-12-13-6-2-1-3-7-13/h1-10H,12H2,(H,20,21). The minimum Gasteiger partial charge on any atom is -0.347 e. The molecule has 0 bridgehead atoms. The molecule has 3 nitrogen and oxygen atoms in total. The molecule has 0 aliphatic carbocycles. The van der Waals surface area contributed by atoms with E-state index in [0.717, 1.165) is 5.56 Å². The molecule has 0 spiro atoms. The summed E-state index contributed by atoms with van der Waals surface area (Å²) in [6.07, 6.45) is 1.49. The maximum atomic E-state index is 12.0. The molecule has 0 heterocycles. The lowest BCUT2D eigenvalue weighted by atomic mass is 10.1. The highest BCUT2D eigenvalue weighted by atomic mass is 35.5. The molecule has 1 N–H and O–H groups in total. The summed E-state index contributed by atoms with van der Waals surface area (Å²) < 4.78 is 0. The fourth-order valence-corrected chi connectivity index (χ4v) is 1.96. The second-order valence-electron chi connectivity index (χ2n) is 4.36. The first-order valence-electron chi connectivity index (χ1n) is 6.39. The van der Waals surface area contributed by atoms with Crippen molar-refractivity contribution in [3.05, 3.63) is 76.3 Å². The molecule has 2 aromatic rings. The first-order chi connectivity index (χ1) is 10.2. The Morgan fingerprint density at radius 2 is 1.81 bits per heavy atom. The first kappa shape index (κ1) is 14.8. The Hall–Kier alpha value is -2.57. The lowest BCUT2D eigenvalue weighted by Gasteiger charge is -2.05. The van der Waals surface area contributed by atoms with Gasteiger partial charge < -0.3 is 5.32 Å². The fraction of sp³-hybridized carbons (Fsp3) is 0.0588. The summed E-state index contributed by atoms with van der Waals surface area (Å²) in [5.41, 5.74) is 1.64. The average molecular weight is 297 g/mol. The van der Waals surface area contributed by atoms with Crippen LogP contribution in [0.25, 0.3) is 6.08 Å². The van der Waals surface area contributed by atoms with Gasteiger partial charge in [0.2, 0.25) is 0 Å². The van der Waals surface area contributed by atoms with Crippen LogP contribution in [0.2, 0.25) is 5.02 Å². The van der Waals surface area contributed by atoms with Crippen molar-refractivity contribution >= 4 is 23.6 Å². The normalized spacial score (nSPS) is 10.8. The molecular formula is C17H13ClN2O. The lowest BCUT2D eigenvalue weighted by molar-refractivity contribution is -0.117. The van der Waals surface area contributed by atoms with Crippen LogP contribution in [0.1, 0.15) is 11.1 Å². The van der Waals surface area contributed by atoms with Gasteiger partial charge in [0.25, 0.3) is 5.91 Å². The third-order valence-electron chi connectivity index (χ3n) is 2.87. The molecule has 0 radical (unpaired) electrons. The molecule has 1 amide bonds. The summed E-state index contributed by atoms with van der Waals surface area (Å²) in [4.78, 5) is 12.0. The quantitative estimate of drug-likeness (QED) is 0.693. The van der Waals surface area contributed by atoms with Crippen molar-refractivity contribution in [3.8, 4) is 6.07 Å². The van der Waals surface area contributed by atoms with Crippen molar-refractivity contribution in [1.29, 1.82) is 5.26 Å². The Balaban J connectivity index is 2.09. The number of rotatable bonds is 4. The second-order valence-corrected chi connectivity index (χ2v) is 4.77. The van der Waals surface area contributed by atoms with Crippen LogP contribution in [-0.4, -0.2) is 5.91 Å². The Bertz CT molecular complexity index is 702. The third kappa shape index (κ3) is 4.20. The zero-order chi connectivity index (χ0) is 15.1. The first-order valence-corrected chi connectivity index (χ1v) is 6.77. The Morgan fingerprint density at radius 3 is 2.48 bits per heavy atom. The number of hydrogen-bond donors (Lipinski definition) is 1. The van der Waals surface area contributed by atoms with Crippen molar-refractivity contribution in [3.63, 3.8) is 0 Å². The average Bonchev–Trinajstić information content (AvgIpc) is 2.53. The van der Waals surface area contributed by atoms with Crippen molar-refractivity contribution in [1.82, 2.24) is 5.32 Å². The van der Waals surface area contributed by atoms with E-state index in [-0.39, 0.29) is 5.57 Å². The fourth-order valence-electron chi connectivity index (χ4n) is 1.77. The van der Waals surface area contributed by atoms with Gasteiger partial charge in [0, 0.05) is 11.6 Å². The number of nitrogens with zero attached hydrogens (tertiary/aromatic N) is 1. The molecule has 104 valence electrons. The predicted octanol–water partition coefficient (Wildman–Crippen LogP) is 3.56. The molecule has 0 saturated carbocycles.